The molecule has 0 aliphatic heterocycles. The minimum atomic E-state index is 0. The second-order valence-electron chi connectivity index (χ2n) is 5.07. The summed E-state index contributed by atoms with van der Waals surface area (Å²) < 4.78 is 16.2. The fourth-order valence-electron chi connectivity index (χ4n) is 2.13. The van der Waals surface area contributed by atoms with Gasteiger partial charge >= 0.3 is 0 Å². The lowest BCUT2D eigenvalue weighted by atomic mass is 10.2. The molecule has 2 rings (SSSR count). The third-order valence-electron chi connectivity index (χ3n) is 3.39. The monoisotopic (exact) mass is 457 g/mol. The van der Waals surface area contributed by atoms with Crippen LogP contribution >= 0.6 is 24.0 Å². The molecule has 0 radical (unpaired) electrons. The van der Waals surface area contributed by atoms with Gasteiger partial charge in [-0.3, -0.25) is 0 Å². The second kappa shape index (κ2) is 10.7. The fourth-order valence-corrected chi connectivity index (χ4v) is 2.13. The maximum Gasteiger partial charge on any atom is 0.193 e. The van der Waals surface area contributed by atoms with Crippen molar-refractivity contribution in [2.24, 2.45) is 10.7 Å². The zero-order valence-electron chi connectivity index (χ0n) is 14.6. The highest BCUT2D eigenvalue weighted by Crippen LogP contribution is 2.28. The van der Waals surface area contributed by atoms with Crippen LogP contribution in [0.1, 0.15) is 5.56 Å². The number of hydrogen-bond donors (Lipinski definition) is 2. The molecule has 0 unspecified atom stereocenters. The SMILES string of the molecule is COc1ccc(OC)c(NC(N)=NCCOc2ccccc2C)c1.I. The van der Waals surface area contributed by atoms with E-state index in [-0.39, 0.29) is 29.9 Å². The lowest BCUT2D eigenvalue weighted by Crippen LogP contribution is -2.24. The Labute approximate surface area is 165 Å². The van der Waals surface area contributed by atoms with Crippen LogP contribution in [0.3, 0.4) is 0 Å². The van der Waals surface area contributed by atoms with E-state index in [9.17, 15) is 0 Å². The molecule has 7 heteroatoms. The molecule has 0 saturated carbocycles. The Bertz CT molecular complexity index is 708. The van der Waals surface area contributed by atoms with Crippen molar-refractivity contribution in [1.29, 1.82) is 0 Å². The normalized spacial score (nSPS) is 10.6. The van der Waals surface area contributed by atoms with Crippen LogP contribution in [0.15, 0.2) is 47.5 Å². The molecule has 2 aromatic carbocycles. The zero-order chi connectivity index (χ0) is 17.4. The Morgan fingerprint density at radius 2 is 1.84 bits per heavy atom. The number of aryl methyl sites for hydroxylation is 1. The molecule has 0 amide bonds. The number of nitrogens with two attached hydrogens (primary N) is 1. The number of hydrogen-bond acceptors (Lipinski definition) is 4. The van der Waals surface area contributed by atoms with Crippen LogP contribution in [0, 0.1) is 6.92 Å². The van der Waals surface area contributed by atoms with Gasteiger partial charge in [0, 0.05) is 6.07 Å². The average Bonchev–Trinajstić information content (AvgIpc) is 2.60. The average molecular weight is 457 g/mol. The van der Waals surface area contributed by atoms with E-state index >= 15 is 0 Å². The number of halogens is 1. The Balaban J connectivity index is 0.00000312. The van der Waals surface area contributed by atoms with E-state index in [0.717, 1.165) is 11.3 Å². The molecule has 6 nitrogen and oxygen atoms in total. The summed E-state index contributed by atoms with van der Waals surface area (Å²) in [6, 6.07) is 13.3. The minimum Gasteiger partial charge on any atom is -0.497 e. The molecule has 0 atom stereocenters. The number of nitrogens with zero attached hydrogens (tertiary/aromatic N) is 1. The number of guanidine groups is 1. The number of ether oxygens (including phenoxy) is 3. The van der Waals surface area contributed by atoms with Gasteiger partial charge in [-0.2, -0.15) is 0 Å². The van der Waals surface area contributed by atoms with Gasteiger partial charge in [0.2, 0.25) is 0 Å². The lowest BCUT2D eigenvalue weighted by Gasteiger charge is -2.12. The summed E-state index contributed by atoms with van der Waals surface area (Å²) >= 11 is 0. The van der Waals surface area contributed by atoms with Crippen LogP contribution in [0.5, 0.6) is 17.2 Å². The van der Waals surface area contributed by atoms with E-state index in [2.05, 4.69) is 10.3 Å². The highest BCUT2D eigenvalue weighted by atomic mass is 127. The largest absolute Gasteiger partial charge is 0.497 e. The van der Waals surface area contributed by atoms with E-state index < -0.39 is 0 Å². The summed E-state index contributed by atoms with van der Waals surface area (Å²) in [5, 5.41) is 3.01. The highest BCUT2D eigenvalue weighted by molar-refractivity contribution is 14.0. The summed E-state index contributed by atoms with van der Waals surface area (Å²) in [7, 11) is 3.20. The number of benzene rings is 2. The van der Waals surface area contributed by atoms with E-state index in [4.69, 9.17) is 19.9 Å². The summed E-state index contributed by atoms with van der Waals surface area (Å²) in [6.07, 6.45) is 0. The van der Waals surface area contributed by atoms with Crippen LogP contribution < -0.4 is 25.3 Å². The van der Waals surface area contributed by atoms with E-state index in [0.29, 0.717) is 30.3 Å². The molecular weight excluding hydrogens is 433 g/mol. The quantitative estimate of drug-likeness (QED) is 0.288. The molecule has 25 heavy (non-hydrogen) atoms. The van der Waals surface area contributed by atoms with Gasteiger partial charge in [0.1, 0.15) is 23.9 Å². The van der Waals surface area contributed by atoms with Gasteiger partial charge in [0.05, 0.1) is 26.5 Å². The zero-order valence-corrected chi connectivity index (χ0v) is 16.9. The van der Waals surface area contributed by atoms with Gasteiger partial charge < -0.3 is 25.3 Å². The summed E-state index contributed by atoms with van der Waals surface area (Å²) in [5.74, 6) is 2.50. The molecule has 3 N–H and O–H groups in total. The summed E-state index contributed by atoms with van der Waals surface area (Å²) in [4.78, 5) is 4.26. The van der Waals surface area contributed by atoms with Gasteiger partial charge in [-0.15, -0.1) is 24.0 Å². The first-order valence-corrected chi connectivity index (χ1v) is 7.61. The first-order valence-electron chi connectivity index (χ1n) is 7.61. The number of methoxy groups -OCH3 is 2. The molecule has 0 aromatic heterocycles. The molecule has 0 heterocycles. The van der Waals surface area contributed by atoms with Crippen molar-refractivity contribution >= 4 is 35.6 Å². The van der Waals surface area contributed by atoms with Crippen molar-refractivity contribution in [2.75, 3.05) is 32.7 Å². The number of aliphatic imine (C=N–C) groups is 1. The maximum absolute atomic E-state index is 5.92. The minimum absolute atomic E-state index is 0. The number of rotatable bonds is 7. The molecule has 0 aliphatic carbocycles. The standard InChI is InChI=1S/C18H23N3O3.HI/c1-13-6-4-5-7-16(13)24-11-10-20-18(19)21-15-12-14(22-2)8-9-17(15)23-3;/h4-9,12H,10-11H2,1-3H3,(H3,19,20,21);1H. The summed E-state index contributed by atoms with van der Waals surface area (Å²) in [5.41, 5.74) is 7.70. The third kappa shape index (κ3) is 6.33. The van der Waals surface area contributed by atoms with Crippen LogP contribution in [0.4, 0.5) is 5.69 Å². The van der Waals surface area contributed by atoms with Crippen molar-refractivity contribution < 1.29 is 14.2 Å². The predicted octanol–water partition coefficient (Wildman–Crippen LogP) is 3.44. The van der Waals surface area contributed by atoms with Crippen LogP contribution in [0.25, 0.3) is 0 Å². The van der Waals surface area contributed by atoms with Crippen molar-refractivity contribution in [3.63, 3.8) is 0 Å². The van der Waals surface area contributed by atoms with Crippen molar-refractivity contribution in [2.45, 2.75) is 6.92 Å². The number of nitrogens with one attached hydrogen (secondary N) is 1. The first kappa shape index (κ1) is 20.9. The van der Waals surface area contributed by atoms with Gasteiger partial charge in [0.25, 0.3) is 0 Å². The summed E-state index contributed by atoms with van der Waals surface area (Å²) in [6.45, 7) is 2.89. The molecule has 0 saturated heterocycles. The highest BCUT2D eigenvalue weighted by Gasteiger charge is 2.06. The van der Waals surface area contributed by atoms with Crippen LogP contribution in [-0.4, -0.2) is 33.3 Å². The predicted molar refractivity (Wildman–Crippen MR) is 112 cm³/mol. The number of para-hydroxylation sites is 1. The molecule has 2 aromatic rings. The topological polar surface area (TPSA) is 78.1 Å². The Kier molecular flexibility index (Phi) is 8.90. The maximum atomic E-state index is 5.92. The van der Waals surface area contributed by atoms with Gasteiger partial charge in [-0.05, 0) is 30.7 Å². The molecule has 0 fully saturated rings. The third-order valence-corrected chi connectivity index (χ3v) is 3.39. The molecule has 0 bridgehead atoms. The van der Waals surface area contributed by atoms with Crippen LogP contribution in [-0.2, 0) is 0 Å². The van der Waals surface area contributed by atoms with Gasteiger partial charge in [-0.25, -0.2) is 4.99 Å². The molecular formula is C18H24IN3O3. The fraction of sp³-hybridized carbons (Fsp3) is 0.278. The van der Waals surface area contributed by atoms with Crippen molar-refractivity contribution in [1.82, 2.24) is 0 Å². The van der Waals surface area contributed by atoms with Crippen molar-refractivity contribution in [3.05, 3.63) is 48.0 Å². The van der Waals surface area contributed by atoms with Crippen LogP contribution in [0.2, 0.25) is 0 Å². The smallest absolute Gasteiger partial charge is 0.193 e. The molecule has 136 valence electrons. The number of anilines is 1. The van der Waals surface area contributed by atoms with Gasteiger partial charge in [0.15, 0.2) is 5.96 Å². The van der Waals surface area contributed by atoms with E-state index in [1.165, 1.54) is 0 Å². The Morgan fingerprint density at radius 1 is 1.08 bits per heavy atom. The van der Waals surface area contributed by atoms with E-state index in [1.54, 1.807) is 26.4 Å². The Morgan fingerprint density at radius 3 is 2.52 bits per heavy atom. The Hall–Kier alpha value is -2.16. The van der Waals surface area contributed by atoms with Gasteiger partial charge in [-0.1, -0.05) is 18.2 Å². The molecule has 0 spiro atoms. The second-order valence-corrected chi connectivity index (χ2v) is 5.07. The van der Waals surface area contributed by atoms with E-state index in [1.807, 2.05) is 37.3 Å². The molecule has 0 aliphatic rings. The lowest BCUT2D eigenvalue weighted by molar-refractivity contribution is 0.326. The van der Waals surface area contributed by atoms with Crippen molar-refractivity contribution in [3.8, 4) is 17.2 Å². The first-order chi connectivity index (χ1) is 11.6.